The minimum atomic E-state index is -0.828. The number of carbonyl (C=O) groups is 1. The second-order valence-electron chi connectivity index (χ2n) is 5.25. The molecule has 0 radical (unpaired) electrons. The van der Waals surface area contributed by atoms with Crippen molar-refractivity contribution in [3.05, 3.63) is 23.8 Å². The van der Waals surface area contributed by atoms with Crippen LogP contribution in [0, 0.1) is 17.6 Å². The van der Waals surface area contributed by atoms with Crippen LogP contribution in [-0.2, 0) is 4.79 Å². The molecule has 7 heteroatoms. The largest absolute Gasteiger partial charge is 0.491 e. The van der Waals surface area contributed by atoms with E-state index in [4.69, 9.17) is 0 Å². The Bertz CT molecular complexity index is 485. The zero-order chi connectivity index (χ0) is 15.2. The fourth-order valence-electron chi connectivity index (χ4n) is 2.56. The maximum Gasteiger partial charge on any atom is 0.224 e. The Morgan fingerprint density at radius 2 is 1.91 bits per heavy atom. The smallest absolute Gasteiger partial charge is 0.224 e. The predicted molar refractivity (Wildman–Crippen MR) is 83.6 cm³/mol. The van der Waals surface area contributed by atoms with Gasteiger partial charge < -0.3 is 15.4 Å². The topological polar surface area (TPSA) is 50.4 Å². The van der Waals surface area contributed by atoms with Gasteiger partial charge in [0.2, 0.25) is 5.91 Å². The first-order valence-electron chi connectivity index (χ1n) is 7.13. The molecule has 1 aliphatic rings. The normalized spacial score (nSPS) is 15.0. The van der Waals surface area contributed by atoms with Crippen molar-refractivity contribution < 1.29 is 18.3 Å². The van der Waals surface area contributed by atoms with Crippen LogP contribution < -0.4 is 15.4 Å². The van der Waals surface area contributed by atoms with Crippen LogP contribution in [0.3, 0.4) is 0 Å². The molecule has 1 aliphatic heterocycles. The summed E-state index contributed by atoms with van der Waals surface area (Å²) in [7, 11) is 1.19. The Balaban J connectivity index is 0.00000242. The second kappa shape index (κ2) is 8.90. The summed E-state index contributed by atoms with van der Waals surface area (Å²) in [6.07, 6.45) is 3.30. The van der Waals surface area contributed by atoms with Crippen LogP contribution in [0.5, 0.6) is 5.75 Å². The predicted octanol–water partition coefficient (Wildman–Crippen LogP) is 3.11. The molecule has 2 rings (SSSR count). The lowest BCUT2D eigenvalue weighted by Gasteiger charge is -2.22. The van der Waals surface area contributed by atoms with Gasteiger partial charge in [0.15, 0.2) is 17.4 Å². The van der Waals surface area contributed by atoms with Gasteiger partial charge in [-0.2, -0.15) is 0 Å². The number of benzene rings is 1. The molecule has 1 heterocycles. The van der Waals surface area contributed by atoms with Crippen LogP contribution in [0.2, 0.25) is 0 Å². The highest BCUT2D eigenvalue weighted by Gasteiger charge is 2.16. The number of carbonyl (C=O) groups excluding carboxylic acids is 1. The third-order valence-corrected chi connectivity index (χ3v) is 3.72. The number of piperidine rings is 1. The SMILES string of the molecule is COc1c(F)cc(NC(=O)CCC2CCNCC2)cc1F.Cl. The van der Waals surface area contributed by atoms with Gasteiger partial charge in [0.05, 0.1) is 7.11 Å². The molecule has 0 aromatic heterocycles. The van der Waals surface area contributed by atoms with Gasteiger partial charge in [-0.05, 0) is 38.3 Å². The highest BCUT2D eigenvalue weighted by molar-refractivity contribution is 5.90. The van der Waals surface area contributed by atoms with Gasteiger partial charge in [-0.15, -0.1) is 12.4 Å². The van der Waals surface area contributed by atoms with Gasteiger partial charge in [0, 0.05) is 24.2 Å². The van der Waals surface area contributed by atoms with Gasteiger partial charge in [-0.1, -0.05) is 0 Å². The van der Waals surface area contributed by atoms with Crippen molar-refractivity contribution in [2.75, 3.05) is 25.5 Å². The lowest BCUT2D eigenvalue weighted by Crippen LogP contribution is -2.28. The molecule has 0 unspecified atom stereocenters. The Morgan fingerprint density at radius 3 is 2.45 bits per heavy atom. The molecule has 4 nitrogen and oxygen atoms in total. The van der Waals surface area contributed by atoms with Crippen molar-refractivity contribution >= 4 is 24.0 Å². The summed E-state index contributed by atoms with van der Waals surface area (Å²) >= 11 is 0. The third kappa shape index (κ3) is 5.10. The molecule has 0 saturated carbocycles. The molecule has 0 spiro atoms. The van der Waals surface area contributed by atoms with Gasteiger partial charge in [0.25, 0.3) is 0 Å². The number of hydrogen-bond acceptors (Lipinski definition) is 3. The van der Waals surface area contributed by atoms with Gasteiger partial charge in [-0.3, -0.25) is 4.79 Å². The van der Waals surface area contributed by atoms with Crippen molar-refractivity contribution in [2.45, 2.75) is 25.7 Å². The van der Waals surface area contributed by atoms with E-state index in [-0.39, 0.29) is 24.0 Å². The van der Waals surface area contributed by atoms with Gasteiger partial charge >= 0.3 is 0 Å². The molecule has 1 amide bonds. The minimum Gasteiger partial charge on any atom is -0.491 e. The highest BCUT2D eigenvalue weighted by Crippen LogP contribution is 2.25. The number of rotatable bonds is 5. The Labute approximate surface area is 135 Å². The molecule has 1 aromatic carbocycles. The Hall–Kier alpha value is -1.40. The number of anilines is 1. The fourth-order valence-corrected chi connectivity index (χ4v) is 2.56. The number of ether oxygens (including phenoxy) is 1. The van der Waals surface area contributed by atoms with Gasteiger partial charge in [0.1, 0.15) is 0 Å². The molecule has 1 fully saturated rings. The van der Waals surface area contributed by atoms with Crippen LogP contribution in [-0.4, -0.2) is 26.1 Å². The Kier molecular flexibility index (Phi) is 7.55. The number of hydrogen-bond donors (Lipinski definition) is 2. The van der Waals surface area contributed by atoms with Crippen molar-refractivity contribution in [2.24, 2.45) is 5.92 Å². The number of methoxy groups -OCH3 is 1. The van der Waals surface area contributed by atoms with E-state index < -0.39 is 17.4 Å². The zero-order valence-electron chi connectivity index (χ0n) is 12.5. The standard InChI is InChI=1S/C15H20F2N2O2.ClH/c1-21-15-12(16)8-11(9-13(15)17)19-14(20)3-2-10-4-6-18-7-5-10;/h8-10,18H,2-7H2,1H3,(H,19,20);1H. The summed E-state index contributed by atoms with van der Waals surface area (Å²) in [6.45, 7) is 1.97. The van der Waals surface area contributed by atoms with E-state index in [1.165, 1.54) is 7.11 Å². The van der Waals surface area contributed by atoms with E-state index in [9.17, 15) is 13.6 Å². The zero-order valence-corrected chi connectivity index (χ0v) is 13.3. The van der Waals surface area contributed by atoms with Crippen molar-refractivity contribution in [1.82, 2.24) is 5.32 Å². The van der Waals surface area contributed by atoms with Crippen molar-refractivity contribution in [1.29, 1.82) is 0 Å². The first-order valence-corrected chi connectivity index (χ1v) is 7.13. The summed E-state index contributed by atoms with van der Waals surface area (Å²) < 4.78 is 31.6. The highest BCUT2D eigenvalue weighted by atomic mass is 35.5. The lowest BCUT2D eigenvalue weighted by atomic mass is 9.93. The molecular formula is C15H21ClF2N2O2. The first-order chi connectivity index (χ1) is 10.1. The molecule has 2 N–H and O–H groups in total. The number of halogens is 3. The summed E-state index contributed by atoms with van der Waals surface area (Å²) in [5.74, 6) is -1.78. The third-order valence-electron chi connectivity index (χ3n) is 3.72. The number of amides is 1. The van der Waals surface area contributed by atoms with E-state index in [2.05, 4.69) is 15.4 Å². The summed E-state index contributed by atoms with van der Waals surface area (Å²) in [5.41, 5.74) is 0.112. The summed E-state index contributed by atoms with van der Waals surface area (Å²) in [4.78, 5) is 11.8. The molecule has 1 saturated heterocycles. The van der Waals surface area contributed by atoms with E-state index in [0.717, 1.165) is 44.5 Å². The van der Waals surface area contributed by atoms with Crippen molar-refractivity contribution in [3.8, 4) is 5.75 Å². The van der Waals surface area contributed by atoms with Gasteiger partial charge in [-0.25, -0.2) is 8.78 Å². The van der Waals surface area contributed by atoms with Crippen LogP contribution in [0.1, 0.15) is 25.7 Å². The molecule has 0 bridgehead atoms. The molecule has 22 heavy (non-hydrogen) atoms. The Morgan fingerprint density at radius 1 is 1.32 bits per heavy atom. The van der Waals surface area contributed by atoms with Crippen LogP contribution in [0.15, 0.2) is 12.1 Å². The minimum absolute atomic E-state index is 0. The van der Waals surface area contributed by atoms with Crippen molar-refractivity contribution in [3.63, 3.8) is 0 Å². The monoisotopic (exact) mass is 334 g/mol. The number of nitrogens with one attached hydrogen (secondary N) is 2. The van der Waals surface area contributed by atoms with Crippen LogP contribution >= 0.6 is 12.4 Å². The molecule has 124 valence electrons. The van der Waals surface area contributed by atoms with E-state index >= 15 is 0 Å². The maximum atomic E-state index is 13.5. The fraction of sp³-hybridized carbons (Fsp3) is 0.533. The van der Waals surface area contributed by atoms with Crippen LogP contribution in [0.25, 0.3) is 0 Å². The van der Waals surface area contributed by atoms with E-state index in [0.29, 0.717) is 12.3 Å². The molecule has 1 aromatic rings. The first kappa shape index (κ1) is 18.6. The molecule has 0 aliphatic carbocycles. The maximum absolute atomic E-state index is 13.5. The molecule has 0 atom stereocenters. The quantitative estimate of drug-likeness (QED) is 0.870. The second-order valence-corrected chi connectivity index (χ2v) is 5.25. The van der Waals surface area contributed by atoms with E-state index in [1.54, 1.807) is 0 Å². The average Bonchev–Trinajstić information content (AvgIpc) is 2.46. The van der Waals surface area contributed by atoms with Crippen LogP contribution in [0.4, 0.5) is 14.5 Å². The average molecular weight is 335 g/mol. The lowest BCUT2D eigenvalue weighted by molar-refractivity contribution is -0.116. The van der Waals surface area contributed by atoms with E-state index in [1.807, 2.05) is 0 Å². The summed E-state index contributed by atoms with van der Waals surface area (Å²) in [6, 6.07) is 2.12. The molecular weight excluding hydrogens is 314 g/mol. The summed E-state index contributed by atoms with van der Waals surface area (Å²) in [5, 5.41) is 5.79.